The van der Waals surface area contributed by atoms with E-state index in [1.165, 1.54) is 0 Å². The number of rotatable bonds is 9. The minimum atomic E-state index is -1.07. The van der Waals surface area contributed by atoms with Crippen molar-refractivity contribution in [2.75, 3.05) is 6.61 Å². The van der Waals surface area contributed by atoms with Crippen LogP contribution in [0.4, 0.5) is 0 Å². The molecule has 0 unspecified atom stereocenters. The lowest BCUT2D eigenvalue weighted by molar-refractivity contribution is -0.139. The average Bonchev–Trinajstić information content (AvgIpc) is 3.29. The highest BCUT2D eigenvalue weighted by Gasteiger charge is 2.19. The number of ether oxygens (including phenoxy) is 1. The molecule has 0 radical (unpaired) electrons. The SMILES string of the molecule is O=CN/C(=C\c1cccc(OCC(=O)O)c1)c1nc(-c2ccccc2)c(-c2ccccc2)o1. The number of amides is 1. The fourth-order valence-corrected chi connectivity index (χ4v) is 3.25. The van der Waals surface area contributed by atoms with E-state index >= 15 is 0 Å². The molecule has 0 bridgehead atoms. The largest absolute Gasteiger partial charge is 0.482 e. The molecule has 0 saturated carbocycles. The highest BCUT2D eigenvalue weighted by molar-refractivity contribution is 5.85. The smallest absolute Gasteiger partial charge is 0.341 e. The van der Waals surface area contributed by atoms with Crippen LogP contribution in [-0.4, -0.2) is 29.1 Å². The van der Waals surface area contributed by atoms with Crippen molar-refractivity contribution in [1.29, 1.82) is 0 Å². The van der Waals surface area contributed by atoms with E-state index in [0.717, 1.165) is 11.1 Å². The normalized spacial score (nSPS) is 11.1. The van der Waals surface area contributed by atoms with Crippen LogP contribution in [0.5, 0.6) is 5.75 Å². The molecule has 7 heteroatoms. The summed E-state index contributed by atoms with van der Waals surface area (Å²) in [5.41, 5.74) is 3.39. The van der Waals surface area contributed by atoms with Crippen molar-refractivity contribution in [2.24, 2.45) is 0 Å². The van der Waals surface area contributed by atoms with Gasteiger partial charge in [0, 0.05) is 11.1 Å². The van der Waals surface area contributed by atoms with Gasteiger partial charge in [-0.2, -0.15) is 0 Å². The van der Waals surface area contributed by atoms with Gasteiger partial charge in [-0.3, -0.25) is 4.79 Å². The first-order valence-electron chi connectivity index (χ1n) is 10.1. The van der Waals surface area contributed by atoms with E-state index in [1.54, 1.807) is 30.3 Å². The van der Waals surface area contributed by atoms with Gasteiger partial charge in [-0.15, -0.1) is 0 Å². The van der Waals surface area contributed by atoms with Crippen LogP contribution >= 0.6 is 0 Å². The quantitative estimate of drug-likeness (QED) is 0.365. The topological polar surface area (TPSA) is 102 Å². The van der Waals surface area contributed by atoms with E-state index < -0.39 is 12.6 Å². The van der Waals surface area contributed by atoms with Gasteiger partial charge >= 0.3 is 5.97 Å². The van der Waals surface area contributed by atoms with Crippen LogP contribution in [0.1, 0.15) is 11.5 Å². The number of aromatic nitrogens is 1. The summed E-state index contributed by atoms with van der Waals surface area (Å²) in [6.07, 6.45) is 2.22. The van der Waals surface area contributed by atoms with E-state index in [0.29, 0.717) is 34.9 Å². The summed E-state index contributed by atoms with van der Waals surface area (Å²) in [5, 5.41) is 11.5. The van der Waals surface area contributed by atoms with Gasteiger partial charge in [0.15, 0.2) is 12.4 Å². The number of hydrogen-bond donors (Lipinski definition) is 2. The number of hydrogen-bond acceptors (Lipinski definition) is 5. The third kappa shape index (κ3) is 5.34. The fourth-order valence-electron chi connectivity index (χ4n) is 3.25. The number of carboxylic acids is 1. The maximum atomic E-state index is 11.3. The Morgan fingerprint density at radius 3 is 2.33 bits per heavy atom. The number of carbonyl (C=O) groups excluding carboxylic acids is 1. The number of carboxylic acid groups (broad SMARTS) is 1. The van der Waals surface area contributed by atoms with Gasteiger partial charge in [-0.1, -0.05) is 72.8 Å². The first-order valence-corrected chi connectivity index (χ1v) is 10.1. The molecule has 7 nitrogen and oxygen atoms in total. The van der Waals surface area contributed by atoms with Gasteiger partial charge in [0.2, 0.25) is 12.3 Å². The first-order chi connectivity index (χ1) is 16.1. The van der Waals surface area contributed by atoms with Gasteiger partial charge in [0.05, 0.1) is 0 Å². The first kappa shape index (κ1) is 21.6. The van der Waals surface area contributed by atoms with E-state index in [1.807, 2.05) is 60.7 Å². The second-order valence-corrected chi connectivity index (χ2v) is 7.00. The number of oxazole rings is 1. The molecule has 0 aliphatic rings. The van der Waals surface area contributed by atoms with Crippen molar-refractivity contribution in [1.82, 2.24) is 10.3 Å². The molecule has 1 heterocycles. The van der Waals surface area contributed by atoms with Crippen molar-refractivity contribution in [3.63, 3.8) is 0 Å². The lowest BCUT2D eigenvalue weighted by Gasteiger charge is -2.05. The Kier molecular flexibility index (Phi) is 6.61. The maximum absolute atomic E-state index is 11.3. The summed E-state index contributed by atoms with van der Waals surface area (Å²) in [6.45, 7) is -0.451. The summed E-state index contributed by atoms with van der Waals surface area (Å²) in [5.74, 6) is 0.130. The number of nitrogens with zero attached hydrogens (tertiary/aromatic N) is 1. The zero-order valence-corrected chi connectivity index (χ0v) is 17.5. The van der Waals surface area contributed by atoms with Crippen molar-refractivity contribution in [2.45, 2.75) is 0 Å². The molecular weight excluding hydrogens is 420 g/mol. The third-order valence-corrected chi connectivity index (χ3v) is 4.69. The zero-order valence-electron chi connectivity index (χ0n) is 17.5. The minimum Gasteiger partial charge on any atom is -0.482 e. The molecule has 1 aromatic heterocycles. The second kappa shape index (κ2) is 10.1. The summed E-state index contributed by atoms with van der Waals surface area (Å²) >= 11 is 0. The average molecular weight is 440 g/mol. The molecule has 33 heavy (non-hydrogen) atoms. The minimum absolute atomic E-state index is 0.233. The molecule has 4 aromatic rings. The molecule has 4 rings (SSSR count). The lowest BCUT2D eigenvalue weighted by atomic mass is 10.1. The lowest BCUT2D eigenvalue weighted by Crippen LogP contribution is -2.10. The number of carbonyl (C=O) groups is 2. The van der Waals surface area contributed by atoms with E-state index in [-0.39, 0.29) is 5.89 Å². The van der Waals surface area contributed by atoms with Crippen LogP contribution in [0.15, 0.2) is 89.3 Å². The highest BCUT2D eigenvalue weighted by Crippen LogP contribution is 2.34. The van der Waals surface area contributed by atoms with Gasteiger partial charge < -0.3 is 19.6 Å². The zero-order chi connectivity index (χ0) is 23.0. The van der Waals surface area contributed by atoms with Crippen molar-refractivity contribution >= 4 is 24.2 Å². The van der Waals surface area contributed by atoms with Crippen LogP contribution in [0.3, 0.4) is 0 Å². The molecule has 0 fully saturated rings. The summed E-state index contributed by atoms with van der Waals surface area (Å²) < 4.78 is 11.4. The highest BCUT2D eigenvalue weighted by atomic mass is 16.5. The molecule has 0 aliphatic heterocycles. The van der Waals surface area contributed by atoms with Crippen LogP contribution < -0.4 is 10.1 Å². The monoisotopic (exact) mass is 440 g/mol. The molecule has 0 saturated heterocycles. The maximum Gasteiger partial charge on any atom is 0.341 e. The predicted molar refractivity (Wildman–Crippen MR) is 124 cm³/mol. The van der Waals surface area contributed by atoms with Gasteiger partial charge in [0.25, 0.3) is 0 Å². The van der Waals surface area contributed by atoms with E-state index in [2.05, 4.69) is 10.3 Å². The third-order valence-electron chi connectivity index (χ3n) is 4.69. The Morgan fingerprint density at radius 1 is 0.970 bits per heavy atom. The standard InChI is InChI=1S/C26H20N2O5/c29-17-27-22(15-18-8-7-13-21(14-18)32-16-23(30)31)26-28-24(19-9-3-1-4-10-19)25(33-26)20-11-5-2-6-12-20/h1-15,17H,16H2,(H,27,29)(H,30,31)/b22-15-. The Bertz CT molecular complexity index is 1220. The fraction of sp³-hybridized carbons (Fsp3) is 0.0385. The van der Waals surface area contributed by atoms with E-state index in [4.69, 9.17) is 14.3 Å². The van der Waals surface area contributed by atoms with Gasteiger partial charge in [-0.25, -0.2) is 9.78 Å². The van der Waals surface area contributed by atoms with Crippen LogP contribution in [0, 0.1) is 0 Å². The summed E-state index contributed by atoms with van der Waals surface area (Å²) in [4.78, 5) is 26.8. The molecule has 0 aliphatic carbocycles. The molecule has 0 spiro atoms. The molecule has 1 amide bonds. The van der Waals surface area contributed by atoms with Crippen molar-refractivity contribution in [3.05, 3.63) is 96.4 Å². The molecule has 2 N–H and O–H groups in total. The molecule has 3 aromatic carbocycles. The number of nitrogens with one attached hydrogen (secondary N) is 1. The molecular formula is C26H20N2O5. The Balaban J connectivity index is 1.77. The Morgan fingerprint density at radius 2 is 1.67 bits per heavy atom. The second-order valence-electron chi connectivity index (χ2n) is 7.00. The number of benzene rings is 3. The van der Waals surface area contributed by atoms with Gasteiger partial charge in [-0.05, 0) is 23.8 Å². The Labute approximate surface area is 190 Å². The number of aliphatic carboxylic acids is 1. The van der Waals surface area contributed by atoms with Crippen molar-refractivity contribution in [3.8, 4) is 28.3 Å². The van der Waals surface area contributed by atoms with E-state index in [9.17, 15) is 9.59 Å². The van der Waals surface area contributed by atoms with Crippen molar-refractivity contribution < 1.29 is 23.8 Å². The van der Waals surface area contributed by atoms with Gasteiger partial charge in [0.1, 0.15) is 17.1 Å². The van der Waals surface area contributed by atoms with Crippen LogP contribution in [0.25, 0.3) is 34.4 Å². The predicted octanol–water partition coefficient (Wildman–Crippen LogP) is 4.72. The van der Waals surface area contributed by atoms with Crippen LogP contribution in [-0.2, 0) is 9.59 Å². The molecule has 0 atom stereocenters. The summed E-state index contributed by atoms with van der Waals surface area (Å²) in [6, 6.07) is 26.1. The van der Waals surface area contributed by atoms with Crippen LogP contribution in [0.2, 0.25) is 0 Å². The summed E-state index contributed by atoms with van der Waals surface area (Å²) in [7, 11) is 0. The Hall–Kier alpha value is -4.65. The molecule has 164 valence electrons.